The number of hydrogen-bond acceptors (Lipinski definition) is 2. The largest absolute Gasteiger partial charge is 0.481 e. The van der Waals surface area contributed by atoms with Crippen LogP contribution in [-0.4, -0.2) is 17.6 Å². The molecule has 39 heavy (non-hydrogen) atoms. The van der Waals surface area contributed by atoms with Crippen molar-refractivity contribution in [3.8, 4) is 0 Å². The van der Waals surface area contributed by atoms with Crippen LogP contribution in [0.5, 0.6) is 0 Å². The van der Waals surface area contributed by atoms with Crippen LogP contribution < -0.4 is 4.90 Å². The van der Waals surface area contributed by atoms with Gasteiger partial charge in [0.05, 0.1) is 6.42 Å². The molecule has 0 spiro atoms. The topological polar surface area (TPSA) is 40.5 Å². The lowest BCUT2D eigenvalue weighted by molar-refractivity contribution is -0.136. The maximum atomic E-state index is 11.6. The number of fused-ring (bicyclic) bond motifs is 4. The first-order valence-corrected chi connectivity index (χ1v) is 13.9. The highest BCUT2D eigenvalue weighted by Gasteiger charge is 2.41. The molecule has 1 aliphatic rings. The molecule has 1 N–H and O–H groups in total. The van der Waals surface area contributed by atoms with E-state index in [1.807, 2.05) is 0 Å². The molecule has 0 aromatic heterocycles. The molecule has 0 fully saturated rings. The van der Waals surface area contributed by atoms with Gasteiger partial charge in [0.15, 0.2) is 0 Å². The van der Waals surface area contributed by atoms with Gasteiger partial charge in [-0.2, -0.15) is 0 Å². The van der Waals surface area contributed by atoms with Gasteiger partial charge in [-0.25, -0.2) is 0 Å². The minimum atomic E-state index is -0.780. The van der Waals surface area contributed by atoms with E-state index in [4.69, 9.17) is 0 Å². The fourth-order valence-electron chi connectivity index (χ4n) is 6.50. The highest BCUT2D eigenvalue weighted by Crippen LogP contribution is 2.51. The molecule has 0 radical (unpaired) electrons. The van der Waals surface area contributed by atoms with Gasteiger partial charge in [-0.05, 0) is 68.6 Å². The molecule has 0 saturated carbocycles. The summed E-state index contributed by atoms with van der Waals surface area (Å²) < 4.78 is 0. The lowest BCUT2D eigenvalue weighted by Crippen LogP contribution is -2.28. The van der Waals surface area contributed by atoms with Crippen molar-refractivity contribution in [3.63, 3.8) is 0 Å². The first kappa shape index (κ1) is 26.7. The third-order valence-corrected chi connectivity index (χ3v) is 8.88. The smallest absolute Gasteiger partial charge is 0.305 e. The van der Waals surface area contributed by atoms with Gasteiger partial charge in [-0.15, -0.1) is 0 Å². The molecule has 5 rings (SSSR count). The molecule has 0 saturated heterocycles. The molecular formula is C36H39NO2. The number of nitrogens with zero attached hydrogens (tertiary/aromatic N) is 1. The highest BCUT2D eigenvalue weighted by molar-refractivity contribution is 5.95. The number of carboxylic acid groups (broad SMARTS) is 1. The zero-order chi connectivity index (χ0) is 27.9. The van der Waals surface area contributed by atoms with E-state index >= 15 is 0 Å². The molecule has 3 heteroatoms. The van der Waals surface area contributed by atoms with Crippen molar-refractivity contribution >= 4 is 33.2 Å². The van der Waals surface area contributed by atoms with E-state index in [1.165, 1.54) is 38.2 Å². The Morgan fingerprint density at radius 1 is 0.949 bits per heavy atom. The Morgan fingerprint density at radius 2 is 1.56 bits per heavy atom. The predicted octanol–water partition coefficient (Wildman–Crippen LogP) is 8.93. The van der Waals surface area contributed by atoms with Gasteiger partial charge in [0.25, 0.3) is 0 Å². The molecule has 4 aromatic rings. The molecule has 4 aromatic carbocycles. The lowest BCUT2D eigenvalue weighted by Gasteiger charge is -2.33. The number of benzene rings is 4. The third-order valence-electron chi connectivity index (χ3n) is 8.88. The molecule has 3 nitrogen and oxygen atoms in total. The summed E-state index contributed by atoms with van der Waals surface area (Å²) in [6, 6.07) is 25.9. The van der Waals surface area contributed by atoms with Gasteiger partial charge < -0.3 is 10.0 Å². The monoisotopic (exact) mass is 517 g/mol. The number of anilines is 1. The lowest BCUT2D eigenvalue weighted by atomic mass is 9.71. The van der Waals surface area contributed by atoms with E-state index in [0.717, 1.165) is 11.4 Å². The Morgan fingerprint density at radius 3 is 2.26 bits per heavy atom. The quantitative estimate of drug-likeness (QED) is 0.266. The van der Waals surface area contributed by atoms with Gasteiger partial charge in [0, 0.05) is 23.3 Å². The number of hydrogen-bond donors (Lipinski definition) is 1. The highest BCUT2D eigenvalue weighted by atomic mass is 16.4. The number of carbonyl (C=O) groups is 1. The Kier molecular flexibility index (Phi) is 6.88. The molecular weight excluding hydrogens is 478 g/mol. The minimum Gasteiger partial charge on any atom is -0.481 e. The van der Waals surface area contributed by atoms with Crippen LogP contribution in [0.25, 0.3) is 21.5 Å². The van der Waals surface area contributed by atoms with Crippen LogP contribution in [0.3, 0.4) is 0 Å². The van der Waals surface area contributed by atoms with Crippen molar-refractivity contribution in [1.29, 1.82) is 0 Å². The molecule has 0 bridgehead atoms. The normalized spacial score (nSPS) is 16.9. The molecule has 0 aliphatic carbocycles. The Hall–Kier alpha value is -3.85. The number of aliphatic carboxylic acids is 1. The maximum Gasteiger partial charge on any atom is 0.305 e. The van der Waals surface area contributed by atoms with Crippen molar-refractivity contribution in [2.24, 2.45) is 5.92 Å². The van der Waals surface area contributed by atoms with Crippen molar-refractivity contribution in [3.05, 3.63) is 113 Å². The second-order valence-corrected chi connectivity index (χ2v) is 12.0. The van der Waals surface area contributed by atoms with Crippen molar-refractivity contribution in [1.82, 2.24) is 0 Å². The van der Waals surface area contributed by atoms with Crippen molar-refractivity contribution in [2.45, 2.75) is 58.8 Å². The average Bonchev–Trinajstić information content (AvgIpc) is 3.12. The fourth-order valence-corrected chi connectivity index (χ4v) is 6.50. The van der Waals surface area contributed by atoms with Crippen molar-refractivity contribution in [2.75, 3.05) is 11.4 Å². The first-order valence-electron chi connectivity index (χ1n) is 13.9. The molecule has 1 heterocycles. The van der Waals surface area contributed by atoms with Crippen LogP contribution in [0.4, 0.5) is 5.69 Å². The van der Waals surface area contributed by atoms with E-state index in [0.29, 0.717) is 6.54 Å². The molecule has 200 valence electrons. The van der Waals surface area contributed by atoms with E-state index in [1.54, 1.807) is 0 Å². The third kappa shape index (κ3) is 4.65. The van der Waals surface area contributed by atoms with Gasteiger partial charge in [-0.1, -0.05) is 114 Å². The SMILES string of the molecule is Cc1ccc2ccccc2c1C(C)(C)C(C)/C=C/C=C1/N(CCC(=O)O)c2ccc3ccccc3c2C1(C)C. The van der Waals surface area contributed by atoms with E-state index < -0.39 is 5.97 Å². The molecule has 1 aliphatic heterocycles. The van der Waals surface area contributed by atoms with E-state index in [9.17, 15) is 9.90 Å². The summed E-state index contributed by atoms with van der Waals surface area (Å²) >= 11 is 0. The second kappa shape index (κ2) is 10.0. The standard InChI is InChI=1S/C36H39NO2/c1-24-18-19-26-13-7-9-15-28(26)33(24)35(3,4)25(2)12-11-17-31-36(5,6)34-29-16-10-8-14-27(29)20-21-30(34)37(31)23-22-32(38)39/h7-21,25H,22-23H2,1-6H3,(H,38,39)/b12-11+,31-17+. The second-order valence-electron chi connectivity index (χ2n) is 12.0. The molecule has 1 unspecified atom stereocenters. The van der Waals surface area contributed by atoms with Crippen LogP contribution in [0.15, 0.2) is 96.7 Å². The number of allylic oxidation sites excluding steroid dienone is 4. The number of carboxylic acids is 1. The van der Waals surface area contributed by atoms with E-state index in [2.05, 4.69) is 137 Å². The van der Waals surface area contributed by atoms with Crippen LogP contribution >= 0.6 is 0 Å². The zero-order valence-electron chi connectivity index (χ0n) is 24.0. The van der Waals surface area contributed by atoms with Gasteiger partial charge >= 0.3 is 5.97 Å². The summed E-state index contributed by atoms with van der Waals surface area (Å²) in [6.45, 7) is 14.1. The Bertz CT molecular complexity index is 1620. The van der Waals surface area contributed by atoms with Crippen LogP contribution in [0.2, 0.25) is 0 Å². The number of rotatable bonds is 7. The van der Waals surface area contributed by atoms with Crippen molar-refractivity contribution < 1.29 is 9.90 Å². The van der Waals surface area contributed by atoms with Crippen LogP contribution in [0, 0.1) is 12.8 Å². The van der Waals surface area contributed by atoms with Gasteiger partial charge in [0.1, 0.15) is 0 Å². The summed E-state index contributed by atoms with van der Waals surface area (Å²) in [6.07, 6.45) is 6.79. The summed E-state index contributed by atoms with van der Waals surface area (Å²) in [4.78, 5) is 13.8. The summed E-state index contributed by atoms with van der Waals surface area (Å²) in [5.74, 6) is -0.503. The fraction of sp³-hybridized carbons (Fsp3) is 0.306. The zero-order valence-corrected chi connectivity index (χ0v) is 24.0. The summed E-state index contributed by atoms with van der Waals surface area (Å²) in [5.41, 5.74) is 5.89. The van der Waals surface area contributed by atoms with Crippen LogP contribution in [0.1, 0.15) is 57.7 Å². The minimum absolute atomic E-state index is 0.0761. The van der Waals surface area contributed by atoms with E-state index in [-0.39, 0.29) is 23.2 Å². The first-order chi connectivity index (χ1) is 18.5. The van der Waals surface area contributed by atoms with Gasteiger partial charge in [-0.3, -0.25) is 4.79 Å². The summed E-state index contributed by atoms with van der Waals surface area (Å²) in [7, 11) is 0. The van der Waals surface area contributed by atoms with Gasteiger partial charge in [0.2, 0.25) is 0 Å². The summed E-state index contributed by atoms with van der Waals surface area (Å²) in [5, 5.41) is 14.5. The van der Waals surface area contributed by atoms with Crippen LogP contribution in [-0.2, 0) is 15.6 Å². The number of aryl methyl sites for hydroxylation is 1. The Balaban J connectivity index is 1.54. The predicted molar refractivity (Wildman–Crippen MR) is 165 cm³/mol. The average molecular weight is 518 g/mol. The Labute approximate surface area is 232 Å². The maximum absolute atomic E-state index is 11.6. The molecule has 0 amide bonds. The molecule has 1 atom stereocenters.